The molecule has 2 heterocycles. The average Bonchev–Trinajstić information content (AvgIpc) is 3.26. The Kier molecular flexibility index (Phi) is 4.97. The number of carbonyl (C=O) groups is 1. The summed E-state index contributed by atoms with van der Waals surface area (Å²) in [6.45, 7) is 1.79. The van der Waals surface area contributed by atoms with Gasteiger partial charge in [-0.1, -0.05) is 5.10 Å². The maximum absolute atomic E-state index is 12.4. The van der Waals surface area contributed by atoms with Gasteiger partial charge in [-0.3, -0.25) is 14.8 Å². The molecule has 3 aromatic rings. The fourth-order valence-corrected chi connectivity index (χ4v) is 2.62. The molecular formula is C17H19N5O5. The number of amides is 1. The summed E-state index contributed by atoms with van der Waals surface area (Å²) in [5.41, 5.74) is 1.69. The number of nitrogens with zero attached hydrogens (tertiary/aromatic N) is 4. The van der Waals surface area contributed by atoms with Gasteiger partial charge in [-0.15, -0.1) is 5.10 Å². The first kappa shape index (κ1) is 18.2. The van der Waals surface area contributed by atoms with Crippen LogP contribution in [0.25, 0.3) is 11.5 Å². The standard InChI is InChI=1S/C17H19N5O5/c1-9-8-18-22(2)13(9)15(23)19-17-21-20-16(27-17)10-6-11(24-3)14(26-5)12(7-10)25-4/h6-8H,1-5H3,(H,19,21,23). The summed E-state index contributed by atoms with van der Waals surface area (Å²) in [5.74, 6) is 1.13. The first-order valence-electron chi connectivity index (χ1n) is 7.92. The van der Waals surface area contributed by atoms with E-state index in [0.29, 0.717) is 28.5 Å². The van der Waals surface area contributed by atoms with E-state index < -0.39 is 5.91 Å². The van der Waals surface area contributed by atoms with Gasteiger partial charge in [-0.05, 0) is 24.6 Å². The minimum atomic E-state index is -0.396. The smallest absolute Gasteiger partial charge is 0.322 e. The van der Waals surface area contributed by atoms with E-state index in [1.807, 2.05) is 0 Å². The van der Waals surface area contributed by atoms with Gasteiger partial charge in [-0.2, -0.15) is 5.10 Å². The van der Waals surface area contributed by atoms with Gasteiger partial charge in [0, 0.05) is 12.6 Å². The van der Waals surface area contributed by atoms with Gasteiger partial charge >= 0.3 is 6.01 Å². The van der Waals surface area contributed by atoms with Crippen molar-refractivity contribution in [1.29, 1.82) is 0 Å². The topological polar surface area (TPSA) is 114 Å². The number of benzene rings is 1. The number of anilines is 1. The van der Waals surface area contributed by atoms with Crippen LogP contribution in [0.15, 0.2) is 22.7 Å². The molecule has 0 saturated heterocycles. The van der Waals surface area contributed by atoms with Crippen molar-refractivity contribution in [2.24, 2.45) is 7.05 Å². The SMILES string of the molecule is COc1cc(-c2nnc(NC(=O)c3c(C)cnn3C)o2)cc(OC)c1OC. The van der Waals surface area contributed by atoms with Crippen LogP contribution in [0.3, 0.4) is 0 Å². The monoisotopic (exact) mass is 373 g/mol. The highest BCUT2D eigenvalue weighted by Crippen LogP contribution is 2.41. The highest BCUT2D eigenvalue weighted by Gasteiger charge is 2.20. The zero-order valence-electron chi connectivity index (χ0n) is 15.6. The molecule has 10 heteroatoms. The summed E-state index contributed by atoms with van der Waals surface area (Å²) in [4.78, 5) is 12.4. The van der Waals surface area contributed by atoms with Gasteiger partial charge in [0.25, 0.3) is 5.91 Å². The summed E-state index contributed by atoms with van der Waals surface area (Å²) in [6.07, 6.45) is 1.60. The zero-order chi connectivity index (χ0) is 19.6. The number of nitrogens with one attached hydrogen (secondary N) is 1. The maximum atomic E-state index is 12.4. The molecule has 1 aromatic carbocycles. The lowest BCUT2D eigenvalue weighted by Gasteiger charge is -2.12. The molecule has 0 unspecified atom stereocenters. The lowest BCUT2D eigenvalue weighted by Crippen LogP contribution is -2.17. The molecular weight excluding hydrogens is 354 g/mol. The fraction of sp³-hybridized carbons (Fsp3) is 0.294. The number of ether oxygens (including phenoxy) is 3. The van der Waals surface area contributed by atoms with Gasteiger partial charge in [0.15, 0.2) is 11.5 Å². The van der Waals surface area contributed by atoms with Crippen LogP contribution >= 0.6 is 0 Å². The number of aryl methyl sites for hydroxylation is 2. The number of rotatable bonds is 6. The van der Waals surface area contributed by atoms with Gasteiger partial charge in [0.2, 0.25) is 11.6 Å². The molecule has 1 N–H and O–H groups in total. The molecule has 0 spiro atoms. The molecule has 3 rings (SSSR count). The van der Waals surface area contributed by atoms with Crippen LogP contribution in [0, 0.1) is 6.92 Å². The van der Waals surface area contributed by atoms with E-state index in [1.54, 1.807) is 32.3 Å². The Bertz CT molecular complexity index is 934. The third-order valence-electron chi connectivity index (χ3n) is 3.89. The largest absolute Gasteiger partial charge is 0.493 e. The van der Waals surface area contributed by atoms with Gasteiger partial charge in [0.1, 0.15) is 5.69 Å². The van der Waals surface area contributed by atoms with E-state index in [0.717, 1.165) is 5.56 Å². The molecule has 10 nitrogen and oxygen atoms in total. The second-order valence-corrected chi connectivity index (χ2v) is 5.58. The van der Waals surface area contributed by atoms with E-state index in [4.69, 9.17) is 18.6 Å². The van der Waals surface area contributed by atoms with Crippen LogP contribution in [-0.2, 0) is 7.05 Å². The van der Waals surface area contributed by atoms with Crippen LogP contribution in [-0.4, -0.2) is 47.2 Å². The molecule has 27 heavy (non-hydrogen) atoms. The maximum Gasteiger partial charge on any atom is 0.322 e. The van der Waals surface area contributed by atoms with Gasteiger partial charge in [-0.25, -0.2) is 0 Å². The Hall–Kier alpha value is -3.56. The Balaban J connectivity index is 1.89. The molecule has 1 amide bonds. The Morgan fingerprint density at radius 2 is 1.78 bits per heavy atom. The van der Waals surface area contributed by atoms with Crippen molar-refractivity contribution in [3.63, 3.8) is 0 Å². The number of aromatic nitrogens is 4. The first-order chi connectivity index (χ1) is 13.0. The highest BCUT2D eigenvalue weighted by molar-refractivity contribution is 6.02. The van der Waals surface area contributed by atoms with Gasteiger partial charge < -0.3 is 18.6 Å². The van der Waals surface area contributed by atoms with E-state index in [9.17, 15) is 4.79 Å². The van der Waals surface area contributed by atoms with Gasteiger partial charge in [0.05, 0.1) is 27.5 Å². The molecule has 0 aliphatic rings. The second kappa shape index (κ2) is 7.36. The lowest BCUT2D eigenvalue weighted by atomic mass is 10.2. The summed E-state index contributed by atoms with van der Waals surface area (Å²) in [7, 11) is 6.21. The summed E-state index contributed by atoms with van der Waals surface area (Å²) < 4.78 is 22.9. The predicted octanol–water partition coefficient (Wildman–Crippen LogP) is 2.06. The molecule has 0 saturated carbocycles. The predicted molar refractivity (Wildman–Crippen MR) is 95.3 cm³/mol. The third kappa shape index (κ3) is 3.41. The molecule has 0 aliphatic heterocycles. The normalized spacial score (nSPS) is 10.6. The summed E-state index contributed by atoms with van der Waals surface area (Å²) in [6, 6.07) is 3.31. The first-order valence-corrected chi connectivity index (χ1v) is 7.92. The van der Waals surface area contributed by atoms with Crippen LogP contribution < -0.4 is 19.5 Å². The number of hydrogen-bond acceptors (Lipinski definition) is 8. The molecule has 2 aromatic heterocycles. The Morgan fingerprint density at radius 1 is 1.11 bits per heavy atom. The van der Waals surface area contributed by atoms with Crippen LogP contribution in [0.4, 0.5) is 6.01 Å². The van der Waals surface area contributed by atoms with E-state index in [1.165, 1.54) is 26.0 Å². The molecule has 142 valence electrons. The van der Waals surface area contributed by atoms with Crippen molar-refractivity contribution in [3.05, 3.63) is 29.6 Å². The van der Waals surface area contributed by atoms with Crippen molar-refractivity contribution in [2.75, 3.05) is 26.6 Å². The number of hydrogen-bond donors (Lipinski definition) is 1. The fourth-order valence-electron chi connectivity index (χ4n) is 2.62. The van der Waals surface area contributed by atoms with Crippen molar-refractivity contribution < 1.29 is 23.4 Å². The van der Waals surface area contributed by atoms with Crippen LogP contribution in [0.5, 0.6) is 17.2 Å². The molecule has 0 aliphatic carbocycles. The average molecular weight is 373 g/mol. The summed E-state index contributed by atoms with van der Waals surface area (Å²) in [5, 5.41) is 14.4. The minimum absolute atomic E-state index is 0.0376. The zero-order valence-corrected chi connectivity index (χ0v) is 15.6. The van der Waals surface area contributed by atoms with Crippen molar-refractivity contribution in [1.82, 2.24) is 20.0 Å². The number of methoxy groups -OCH3 is 3. The molecule has 0 atom stereocenters. The van der Waals surface area contributed by atoms with Crippen LogP contribution in [0.2, 0.25) is 0 Å². The highest BCUT2D eigenvalue weighted by atomic mass is 16.5. The van der Waals surface area contributed by atoms with Crippen molar-refractivity contribution in [3.8, 4) is 28.7 Å². The number of carbonyl (C=O) groups excluding carboxylic acids is 1. The van der Waals surface area contributed by atoms with Crippen molar-refractivity contribution in [2.45, 2.75) is 6.92 Å². The second-order valence-electron chi connectivity index (χ2n) is 5.58. The minimum Gasteiger partial charge on any atom is -0.493 e. The molecule has 0 radical (unpaired) electrons. The lowest BCUT2D eigenvalue weighted by molar-refractivity contribution is 0.101. The quantitative estimate of drug-likeness (QED) is 0.698. The third-order valence-corrected chi connectivity index (χ3v) is 3.89. The molecule has 0 bridgehead atoms. The Labute approximate surface area is 155 Å². The van der Waals surface area contributed by atoms with E-state index in [-0.39, 0.29) is 11.9 Å². The summed E-state index contributed by atoms with van der Waals surface area (Å²) >= 11 is 0. The van der Waals surface area contributed by atoms with Crippen LogP contribution in [0.1, 0.15) is 16.1 Å². The van der Waals surface area contributed by atoms with Crippen molar-refractivity contribution >= 4 is 11.9 Å². The van der Waals surface area contributed by atoms with E-state index >= 15 is 0 Å². The van der Waals surface area contributed by atoms with E-state index in [2.05, 4.69) is 20.6 Å². The Morgan fingerprint density at radius 3 is 2.30 bits per heavy atom. The molecule has 0 fully saturated rings.